The summed E-state index contributed by atoms with van der Waals surface area (Å²) in [5.74, 6) is 0. The Morgan fingerprint density at radius 3 is 0.792 bits per heavy atom. The van der Waals surface area contributed by atoms with Crippen LogP contribution in [0.1, 0.15) is 0 Å². The summed E-state index contributed by atoms with van der Waals surface area (Å²) < 4.78 is 0. The molecule has 0 aromatic heterocycles. The number of hydrogen-bond donors (Lipinski definition) is 0. The van der Waals surface area contributed by atoms with Crippen LogP contribution < -0.4 is 31.8 Å². The van der Waals surface area contributed by atoms with Gasteiger partial charge >= 0.3 is 21.7 Å². The van der Waals surface area contributed by atoms with E-state index in [9.17, 15) is 0 Å². The molecule has 0 nitrogen and oxygen atoms in total. The van der Waals surface area contributed by atoms with Gasteiger partial charge in [0, 0.05) is 0 Å². The minimum atomic E-state index is -0.609. The standard InChI is InChI=1S/2C25H18P.Ti/c2*1-5-15-22-19(9-1)11-7-17-24(22)26(21-13-3-4-14-21)25-18-8-12-20-10-2-6-16-23(20)25;/h2*1-18H;/q2*-1;+2. The van der Waals surface area contributed by atoms with Crippen LogP contribution in [0, 0.1) is 0 Å². The predicted octanol–water partition coefficient (Wildman–Crippen LogP) is 10.9. The van der Waals surface area contributed by atoms with Crippen molar-refractivity contribution in [2.24, 2.45) is 0 Å². The van der Waals surface area contributed by atoms with Gasteiger partial charge in [0.1, 0.15) is 0 Å². The molecule has 0 N–H and O–H groups in total. The van der Waals surface area contributed by atoms with Gasteiger partial charge in [0.25, 0.3) is 0 Å². The van der Waals surface area contributed by atoms with E-state index in [0.29, 0.717) is 0 Å². The molecule has 0 atom stereocenters. The Hall–Kier alpha value is -4.93. The minimum absolute atomic E-state index is 0. The minimum Gasteiger partial charge on any atom is -0.213 e. The van der Waals surface area contributed by atoms with Gasteiger partial charge in [-0.25, -0.2) is 24.3 Å². The molecule has 0 heterocycles. The van der Waals surface area contributed by atoms with Gasteiger partial charge in [-0.15, -0.1) is 10.6 Å². The Morgan fingerprint density at radius 2 is 0.528 bits per heavy atom. The van der Waals surface area contributed by atoms with Gasteiger partial charge in [-0.3, -0.25) is 0 Å². The number of hydrogen-bond acceptors (Lipinski definition) is 0. The molecule has 0 aliphatic heterocycles. The van der Waals surface area contributed by atoms with E-state index >= 15 is 0 Å². The molecule has 0 radical (unpaired) electrons. The van der Waals surface area contributed by atoms with Crippen molar-refractivity contribution >= 4 is 90.8 Å². The summed E-state index contributed by atoms with van der Waals surface area (Å²) in [7, 11) is -1.22. The number of rotatable bonds is 6. The first-order valence-electron chi connectivity index (χ1n) is 17.8. The van der Waals surface area contributed by atoms with Crippen molar-refractivity contribution < 1.29 is 21.7 Å². The maximum absolute atomic E-state index is 2.31. The molecule has 250 valence electrons. The van der Waals surface area contributed by atoms with Crippen LogP contribution in [0.2, 0.25) is 0 Å². The van der Waals surface area contributed by atoms with Crippen molar-refractivity contribution in [3.63, 3.8) is 0 Å². The third-order valence-electron chi connectivity index (χ3n) is 9.84. The van der Waals surface area contributed by atoms with Gasteiger partial charge < -0.3 is 0 Å². The van der Waals surface area contributed by atoms with Crippen LogP contribution in [0.15, 0.2) is 218 Å². The first-order valence-corrected chi connectivity index (χ1v) is 20.5. The Bertz CT molecular complexity index is 2390. The van der Waals surface area contributed by atoms with E-state index in [1.807, 2.05) is 0 Å². The average Bonchev–Trinajstić information content (AvgIpc) is 3.95. The second-order valence-electron chi connectivity index (χ2n) is 13.0. The van der Waals surface area contributed by atoms with Gasteiger partial charge in [-0.1, -0.05) is 170 Å². The second-order valence-corrected chi connectivity index (χ2v) is 17.3. The molecule has 0 saturated heterocycles. The molecule has 0 unspecified atom stereocenters. The van der Waals surface area contributed by atoms with E-state index in [4.69, 9.17) is 0 Å². The summed E-state index contributed by atoms with van der Waals surface area (Å²) in [6.07, 6.45) is 0. The molecule has 0 bridgehead atoms. The molecular formula is C50H36P2Ti. The molecule has 10 rings (SSSR count). The maximum atomic E-state index is 2.31. The van der Waals surface area contributed by atoms with E-state index in [-0.39, 0.29) is 21.7 Å². The fourth-order valence-electron chi connectivity index (χ4n) is 7.45. The smallest absolute Gasteiger partial charge is 0.213 e. The van der Waals surface area contributed by atoms with Crippen LogP contribution in [0.25, 0.3) is 43.1 Å². The summed E-state index contributed by atoms with van der Waals surface area (Å²) in [6.45, 7) is 0. The van der Waals surface area contributed by atoms with E-state index in [2.05, 4.69) is 218 Å². The predicted molar refractivity (Wildman–Crippen MR) is 232 cm³/mol. The van der Waals surface area contributed by atoms with Gasteiger partial charge in [0.2, 0.25) is 0 Å². The Morgan fingerprint density at radius 1 is 0.264 bits per heavy atom. The molecule has 10 aromatic rings. The normalized spacial score (nSPS) is 11.2. The largest absolute Gasteiger partial charge is 2.00 e. The van der Waals surface area contributed by atoms with Crippen LogP contribution in [-0.4, -0.2) is 0 Å². The fourth-order valence-corrected chi connectivity index (χ4v) is 12.7. The average molecular weight is 747 g/mol. The van der Waals surface area contributed by atoms with Crippen molar-refractivity contribution in [1.29, 1.82) is 0 Å². The van der Waals surface area contributed by atoms with Gasteiger partial charge in [0.05, 0.1) is 0 Å². The zero-order valence-electron chi connectivity index (χ0n) is 29.2. The zero-order valence-corrected chi connectivity index (χ0v) is 32.5. The van der Waals surface area contributed by atoms with Crippen molar-refractivity contribution in [3.8, 4) is 0 Å². The third-order valence-corrected chi connectivity index (χ3v) is 15.0. The van der Waals surface area contributed by atoms with Crippen molar-refractivity contribution in [3.05, 3.63) is 218 Å². The SMILES string of the molecule is [Ti+2].c1c[cH-]c(P(c2cccc3ccccc23)c2cccc3ccccc23)c1.c1c[cH-]c(P(c2cccc3ccccc23)c2cccc3ccccc23)c1. The van der Waals surface area contributed by atoms with Crippen LogP contribution in [0.4, 0.5) is 0 Å². The number of fused-ring (bicyclic) bond motifs is 4. The van der Waals surface area contributed by atoms with E-state index in [1.54, 1.807) is 0 Å². The molecule has 10 aromatic carbocycles. The topological polar surface area (TPSA) is 0 Å². The molecule has 0 amide bonds. The van der Waals surface area contributed by atoms with Crippen LogP contribution in [-0.2, 0) is 21.7 Å². The molecule has 0 saturated carbocycles. The zero-order chi connectivity index (χ0) is 34.7. The van der Waals surface area contributed by atoms with Gasteiger partial charge in [0.15, 0.2) is 0 Å². The quantitative estimate of drug-likeness (QED) is 0.0903. The molecule has 53 heavy (non-hydrogen) atoms. The van der Waals surface area contributed by atoms with Crippen LogP contribution in [0.5, 0.6) is 0 Å². The number of benzene rings is 8. The van der Waals surface area contributed by atoms with Crippen molar-refractivity contribution in [2.75, 3.05) is 0 Å². The van der Waals surface area contributed by atoms with E-state index in [0.717, 1.165) is 0 Å². The van der Waals surface area contributed by atoms with Gasteiger partial charge in [-0.05, 0) is 80.2 Å². The summed E-state index contributed by atoms with van der Waals surface area (Å²) in [4.78, 5) is 0. The van der Waals surface area contributed by atoms with Crippen LogP contribution >= 0.6 is 15.8 Å². The first kappa shape index (κ1) is 35.1. The molecule has 0 spiro atoms. The first-order chi connectivity index (χ1) is 25.8. The van der Waals surface area contributed by atoms with E-state index < -0.39 is 15.8 Å². The summed E-state index contributed by atoms with van der Waals surface area (Å²) in [5.41, 5.74) is 0. The third kappa shape index (κ3) is 6.98. The Kier molecular flexibility index (Phi) is 10.6. The monoisotopic (exact) mass is 746 g/mol. The van der Waals surface area contributed by atoms with E-state index in [1.165, 1.54) is 74.9 Å². The van der Waals surface area contributed by atoms with Crippen LogP contribution in [0.3, 0.4) is 0 Å². The molecular weight excluding hydrogens is 710 g/mol. The Labute approximate surface area is 328 Å². The second kappa shape index (κ2) is 16.0. The fraction of sp³-hybridized carbons (Fsp3) is 0. The maximum Gasteiger partial charge on any atom is 2.00 e. The molecule has 0 aliphatic rings. The molecule has 0 fully saturated rings. The van der Waals surface area contributed by atoms with Crippen molar-refractivity contribution in [1.82, 2.24) is 0 Å². The van der Waals surface area contributed by atoms with Crippen molar-refractivity contribution in [2.45, 2.75) is 0 Å². The Balaban J connectivity index is 0.000000148. The summed E-state index contributed by atoms with van der Waals surface area (Å²) >= 11 is 0. The summed E-state index contributed by atoms with van der Waals surface area (Å²) in [6, 6.07) is 79.5. The van der Waals surface area contributed by atoms with Gasteiger partial charge in [-0.2, -0.15) is 24.3 Å². The summed E-state index contributed by atoms with van der Waals surface area (Å²) in [5, 5.41) is 19.2. The molecule has 3 heteroatoms. The molecule has 0 aliphatic carbocycles.